The van der Waals surface area contributed by atoms with Crippen LogP contribution in [-0.4, -0.2) is 35.1 Å². The molecule has 0 bridgehead atoms. The maximum atomic E-state index is 14.2. The molecule has 2 fully saturated rings. The third-order valence-corrected chi connectivity index (χ3v) is 5.48. The van der Waals surface area contributed by atoms with Crippen molar-refractivity contribution in [2.24, 2.45) is 0 Å². The number of likely N-dealkylation sites (N-methyl/N-ethyl adjacent to an activating group) is 1. The van der Waals surface area contributed by atoms with Crippen LogP contribution < -0.4 is 0 Å². The summed E-state index contributed by atoms with van der Waals surface area (Å²) in [5.74, 6) is -1.47. The summed E-state index contributed by atoms with van der Waals surface area (Å²) >= 11 is 0. The van der Waals surface area contributed by atoms with E-state index < -0.39 is 22.7 Å². The van der Waals surface area contributed by atoms with Crippen molar-refractivity contribution >= 4 is 5.91 Å². The lowest BCUT2D eigenvalue weighted by Gasteiger charge is -2.44. The van der Waals surface area contributed by atoms with Gasteiger partial charge in [0.2, 0.25) is 5.91 Å². The summed E-state index contributed by atoms with van der Waals surface area (Å²) < 4.78 is 27.4. The second kappa shape index (κ2) is 5.86. The topological polar surface area (TPSA) is 40.5 Å². The van der Waals surface area contributed by atoms with Crippen molar-refractivity contribution in [2.75, 3.05) is 13.6 Å². The zero-order chi connectivity index (χ0) is 16.7. The number of benzene rings is 1. The first-order chi connectivity index (χ1) is 10.9. The predicted octanol–water partition coefficient (Wildman–Crippen LogP) is 3.15. The van der Waals surface area contributed by atoms with Crippen molar-refractivity contribution in [3.63, 3.8) is 0 Å². The molecule has 23 heavy (non-hydrogen) atoms. The summed E-state index contributed by atoms with van der Waals surface area (Å²) in [6.45, 7) is 0.274. The van der Waals surface area contributed by atoms with E-state index in [0.29, 0.717) is 25.7 Å². The average molecular weight is 323 g/mol. The maximum Gasteiger partial charge on any atom is 0.233 e. The van der Waals surface area contributed by atoms with Crippen molar-refractivity contribution < 1.29 is 18.7 Å². The summed E-state index contributed by atoms with van der Waals surface area (Å²) in [6.07, 6.45) is 5.31. The highest BCUT2D eigenvalue weighted by molar-refractivity contribution is 5.89. The zero-order valence-electron chi connectivity index (χ0n) is 13.4. The highest BCUT2D eigenvalue weighted by atomic mass is 19.1. The Morgan fingerprint density at radius 2 is 1.83 bits per heavy atom. The number of halogens is 2. The Bertz CT molecular complexity index is 607. The number of rotatable bonds is 4. The number of nitrogens with zero attached hydrogens (tertiary/aromatic N) is 1. The van der Waals surface area contributed by atoms with E-state index in [1.165, 1.54) is 17.0 Å². The fraction of sp³-hybridized carbons (Fsp3) is 0.611. The van der Waals surface area contributed by atoms with E-state index in [1.54, 1.807) is 7.05 Å². The van der Waals surface area contributed by atoms with Gasteiger partial charge in [-0.25, -0.2) is 8.78 Å². The molecule has 2 aliphatic rings. The summed E-state index contributed by atoms with van der Waals surface area (Å²) in [6, 6.07) is 3.43. The van der Waals surface area contributed by atoms with Crippen LogP contribution in [0.5, 0.6) is 0 Å². The van der Waals surface area contributed by atoms with Gasteiger partial charge in [-0.1, -0.05) is 25.3 Å². The van der Waals surface area contributed by atoms with Crippen molar-refractivity contribution in [1.29, 1.82) is 0 Å². The Kier molecular flexibility index (Phi) is 4.17. The third kappa shape index (κ3) is 2.87. The van der Waals surface area contributed by atoms with Crippen molar-refractivity contribution in [2.45, 2.75) is 56.0 Å². The van der Waals surface area contributed by atoms with E-state index in [1.807, 2.05) is 0 Å². The van der Waals surface area contributed by atoms with Gasteiger partial charge in [-0.05, 0) is 31.7 Å². The van der Waals surface area contributed by atoms with E-state index >= 15 is 0 Å². The minimum Gasteiger partial charge on any atom is -0.388 e. The predicted molar refractivity (Wildman–Crippen MR) is 82.9 cm³/mol. The smallest absolute Gasteiger partial charge is 0.233 e. The lowest BCUT2D eigenvalue weighted by atomic mass is 9.63. The number of aliphatic hydroxyl groups is 1. The SMILES string of the molecule is CN(CC1(O)CCCC1)C(=O)C1(c2ccc(F)cc2F)CCC1. The average Bonchev–Trinajstić information content (AvgIpc) is 2.86. The first-order valence-electron chi connectivity index (χ1n) is 8.30. The van der Waals surface area contributed by atoms with Gasteiger partial charge in [0.05, 0.1) is 11.0 Å². The fourth-order valence-corrected chi connectivity index (χ4v) is 4.08. The summed E-state index contributed by atoms with van der Waals surface area (Å²) in [7, 11) is 1.67. The maximum absolute atomic E-state index is 14.2. The minimum absolute atomic E-state index is 0.172. The van der Waals surface area contributed by atoms with Crippen LogP contribution in [0.4, 0.5) is 8.78 Å². The summed E-state index contributed by atoms with van der Waals surface area (Å²) in [4.78, 5) is 14.5. The second-order valence-electron chi connectivity index (χ2n) is 7.15. The highest BCUT2D eigenvalue weighted by Gasteiger charge is 2.49. The molecule has 1 N–H and O–H groups in total. The van der Waals surface area contributed by atoms with Gasteiger partial charge in [0.15, 0.2) is 0 Å². The summed E-state index contributed by atoms with van der Waals surface area (Å²) in [5.41, 5.74) is -1.45. The first-order valence-corrected chi connectivity index (χ1v) is 8.30. The Morgan fingerprint density at radius 3 is 2.35 bits per heavy atom. The quantitative estimate of drug-likeness (QED) is 0.925. The van der Waals surface area contributed by atoms with Crippen LogP contribution in [0.3, 0.4) is 0 Å². The molecule has 0 unspecified atom stereocenters. The molecular formula is C18H23F2NO2. The molecule has 0 saturated heterocycles. The first kappa shape index (κ1) is 16.4. The van der Waals surface area contributed by atoms with Crippen molar-refractivity contribution in [1.82, 2.24) is 4.90 Å². The van der Waals surface area contributed by atoms with Crippen LogP contribution in [0, 0.1) is 11.6 Å². The Hall–Kier alpha value is -1.49. The molecule has 0 aliphatic heterocycles. The van der Waals surface area contributed by atoms with Gasteiger partial charge < -0.3 is 10.0 Å². The van der Waals surface area contributed by atoms with E-state index in [-0.39, 0.29) is 18.0 Å². The minimum atomic E-state index is -0.901. The van der Waals surface area contributed by atoms with Gasteiger partial charge in [-0.15, -0.1) is 0 Å². The molecule has 1 amide bonds. The number of amides is 1. The van der Waals surface area contributed by atoms with Crippen LogP contribution >= 0.6 is 0 Å². The normalized spacial score (nSPS) is 21.7. The second-order valence-corrected chi connectivity index (χ2v) is 7.15. The van der Waals surface area contributed by atoms with Gasteiger partial charge in [-0.3, -0.25) is 4.79 Å². The van der Waals surface area contributed by atoms with Crippen LogP contribution in [0.15, 0.2) is 18.2 Å². The van der Waals surface area contributed by atoms with Crippen molar-refractivity contribution in [3.8, 4) is 0 Å². The molecule has 0 heterocycles. The number of carbonyl (C=O) groups excluding carboxylic acids is 1. The van der Waals surface area contributed by atoms with Gasteiger partial charge in [0.1, 0.15) is 11.6 Å². The molecule has 0 spiro atoms. The zero-order valence-corrected chi connectivity index (χ0v) is 13.4. The molecule has 0 atom stereocenters. The van der Waals surface area contributed by atoms with E-state index in [4.69, 9.17) is 0 Å². The molecule has 1 aromatic carbocycles. The number of hydrogen-bond donors (Lipinski definition) is 1. The standard InChI is InChI=1S/C18H23F2NO2/c1-21(12-17(23)7-2-3-8-17)16(22)18(9-4-10-18)14-6-5-13(19)11-15(14)20/h5-6,11,23H,2-4,7-10,12H2,1H3. The molecular weight excluding hydrogens is 300 g/mol. The Morgan fingerprint density at radius 1 is 1.17 bits per heavy atom. The molecule has 5 heteroatoms. The molecule has 3 rings (SSSR count). The van der Waals surface area contributed by atoms with E-state index in [0.717, 1.165) is 25.3 Å². The van der Waals surface area contributed by atoms with E-state index in [9.17, 15) is 18.7 Å². The number of carbonyl (C=O) groups is 1. The molecule has 3 nitrogen and oxygen atoms in total. The largest absolute Gasteiger partial charge is 0.388 e. The third-order valence-electron chi connectivity index (χ3n) is 5.48. The molecule has 126 valence electrons. The molecule has 0 aromatic heterocycles. The lowest BCUT2D eigenvalue weighted by Crippen LogP contribution is -2.53. The van der Waals surface area contributed by atoms with Gasteiger partial charge in [-0.2, -0.15) is 0 Å². The number of hydrogen-bond acceptors (Lipinski definition) is 2. The summed E-state index contributed by atoms with van der Waals surface area (Å²) in [5, 5.41) is 10.5. The van der Waals surface area contributed by atoms with Gasteiger partial charge >= 0.3 is 0 Å². The van der Waals surface area contributed by atoms with E-state index in [2.05, 4.69) is 0 Å². The van der Waals surface area contributed by atoms with Crippen LogP contribution in [0.1, 0.15) is 50.5 Å². The van der Waals surface area contributed by atoms with Crippen LogP contribution in [0.2, 0.25) is 0 Å². The molecule has 1 aromatic rings. The van der Waals surface area contributed by atoms with Gasteiger partial charge in [0, 0.05) is 25.2 Å². The molecule has 0 radical (unpaired) electrons. The Labute approximate surface area is 135 Å². The fourth-order valence-electron chi connectivity index (χ4n) is 4.08. The monoisotopic (exact) mass is 323 g/mol. The van der Waals surface area contributed by atoms with Crippen LogP contribution in [0.25, 0.3) is 0 Å². The van der Waals surface area contributed by atoms with Crippen LogP contribution in [-0.2, 0) is 10.2 Å². The van der Waals surface area contributed by atoms with Gasteiger partial charge in [0.25, 0.3) is 0 Å². The Balaban J connectivity index is 1.83. The highest BCUT2D eigenvalue weighted by Crippen LogP contribution is 2.46. The molecule has 2 aliphatic carbocycles. The van der Waals surface area contributed by atoms with Crippen molar-refractivity contribution in [3.05, 3.63) is 35.4 Å². The molecule has 2 saturated carbocycles. The lowest BCUT2D eigenvalue weighted by molar-refractivity contribution is -0.143.